The molecule has 6 heteroatoms. The van der Waals surface area contributed by atoms with Crippen molar-refractivity contribution in [3.63, 3.8) is 0 Å². The maximum Gasteiger partial charge on any atom is 0.339 e. The number of fused-ring (bicyclic) bond motifs is 1. The fourth-order valence-corrected chi connectivity index (χ4v) is 2.15. The van der Waals surface area contributed by atoms with Gasteiger partial charge >= 0.3 is 11.9 Å². The van der Waals surface area contributed by atoms with E-state index in [1.54, 1.807) is 20.8 Å². The fraction of sp³-hybridized carbons (Fsp3) is 0.357. The Morgan fingerprint density at radius 2 is 1.65 bits per heavy atom. The van der Waals surface area contributed by atoms with Crippen molar-refractivity contribution in [2.24, 2.45) is 0 Å². The molecule has 0 N–H and O–H groups in total. The second-order valence-electron chi connectivity index (χ2n) is 4.10. The molecule has 2 aliphatic rings. The minimum atomic E-state index is -0.494. The van der Waals surface area contributed by atoms with Crippen LogP contribution in [0.2, 0.25) is 0 Å². The number of carbonyl (C=O) groups excluding carboxylic acids is 2. The lowest BCUT2D eigenvalue weighted by Crippen LogP contribution is -2.08. The number of rotatable bonds is 4. The topological polar surface area (TPSA) is 78.6 Å². The minimum absolute atomic E-state index is 0.252. The van der Waals surface area contributed by atoms with Crippen LogP contribution in [-0.2, 0) is 9.47 Å². The van der Waals surface area contributed by atoms with E-state index in [2.05, 4.69) is 5.16 Å². The van der Waals surface area contributed by atoms with Gasteiger partial charge in [-0.15, -0.1) is 0 Å². The lowest BCUT2D eigenvalue weighted by atomic mass is 10.1. The van der Waals surface area contributed by atoms with Gasteiger partial charge in [0.15, 0.2) is 0 Å². The molecule has 0 spiro atoms. The number of nitrogens with zero attached hydrogens (tertiary/aromatic N) is 1. The van der Waals surface area contributed by atoms with Crippen LogP contribution in [0.4, 0.5) is 0 Å². The Morgan fingerprint density at radius 3 is 2.20 bits per heavy atom. The van der Waals surface area contributed by atoms with E-state index in [9.17, 15) is 9.59 Å². The largest absolute Gasteiger partial charge is 0.462 e. The average molecular weight is 277 g/mol. The second-order valence-corrected chi connectivity index (χ2v) is 4.10. The first-order valence-electron chi connectivity index (χ1n) is 6.31. The zero-order valence-electron chi connectivity index (χ0n) is 11.6. The fourth-order valence-electron chi connectivity index (χ4n) is 2.15. The number of hydrogen-bond donors (Lipinski definition) is 0. The Hall–Kier alpha value is -2.37. The molecule has 0 atom stereocenters. The second kappa shape index (κ2) is 5.73. The number of esters is 2. The first-order valence-corrected chi connectivity index (χ1v) is 6.31. The third kappa shape index (κ3) is 2.24. The molecule has 0 fully saturated rings. The molecule has 1 aliphatic carbocycles. The predicted octanol–water partition coefficient (Wildman–Crippen LogP) is 2.44. The summed E-state index contributed by atoms with van der Waals surface area (Å²) in [5.74, 6) is -0.981. The van der Waals surface area contributed by atoms with E-state index in [-0.39, 0.29) is 13.2 Å². The Bertz CT molecular complexity index is 564. The van der Waals surface area contributed by atoms with Gasteiger partial charge in [-0.3, -0.25) is 0 Å². The normalized spacial score (nSPS) is 10.6. The highest BCUT2D eigenvalue weighted by Gasteiger charge is 2.30. The minimum Gasteiger partial charge on any atom is -0.462 e. The molecular weight excluding hydrogens is 262 g/mol. The smallest absolute Gasteiger partial charge is 0.339 e. The van der Waals surface area contributed by atoms with Crippen LogP contribution in [0.3, 0.4) is 0 Å². The summed E-state index contributed by atoms with van der Waals surface area (Å²) in [6.07, 6.45) is 2.73. The molecule has 0 aromatic rings. The highest BCUT2D eigenvalue weighted by molar-refractivity contribution is 6.10. The van der Waals surface area contributed by atoms with Crippen LogP contribution in [-0.4, -0.2) is 30.3 Å². The third-order valence-corrected chi connectivity index (χ3v) is 2.95. The molecule has 20 heavy (non-hydrogen) atoms. The van der Waals surface area contributed by atoms with Gasteiger partial charge in [-0.05, 0) is 26.3 Å². The summed E-state index contributed by atoms with van der Waals surface area (Å²) < 4.78 is 14.9. The molecule has 0 aromatic carbocycles. The summed E-state index contributed by atoms with van der Waals surface area (Å²) in [5, 5.41) is 3.64. The lowest BCUT2D eigenvalue weighted by Gasteiger charge is -2.03. The molecule has 0 aromatic heterocycles. The Morgan fingerprint density at radius 1 is 1.10 bits per heavy atom. The maximum atomic E-state index is 12.0. The van der Waals surface area contributed by atoms with E-state index in [0.29, 0.717) is 27.8 Å². The Labute approximate surface area is 116 Å². The van der Waals surface area contributed by atoms with Crippen molar-refractivity contribution < 1.29 is 23.6 Å². The molecule has 1 heterocycles. The van der Waals surface area contributed by atoms with Gasteiger partial charge < -0.3 is 14.0 Å². The van der Waals surface area contributed by atoms with Gasteiger partial charge in [0.25, 0.3) is 0 Å². The molecule has 2 rings (SSSR count). The number of carbonyl (C=O) groups is 2. The summed E-state index contributed by atoms with van der Waals surface area (Å²) in [6.45, 7) is 5.62. The molecule has 1 aliphatic heterocycles. The van der Waals surface area contributed by atoms with Crippen molar-refractivity contribution in [3.05, 3.63) is 29.2 Å². The monoisotopic (exact) mass is 277 g/mol. The SMILES string of the molecule is CCOC(=O)c1c2cnocc-2c(C(=O)OCC)c1C. The van der Waals surface area contributed by atoms with Gasteiger partial charge in [0.1, 0.15) is 6.26 Å². The van der Waals surface area contributed by atoms with Gasteiger partial charge in [-0.1, -0.05) is 5.16 Å². The highest BCUT2D eigenvalue weighted by atomic mass is 16.5. The zero-order valence-corrected chi connectivity index (χ0v) is 11.6. The average Bonchev–Trinajstić information content (AvgIpc) is 2.71. The highest BCUT2D eigenvalue weighted by Crippen LogP contribution is 2.36. The van der Waals surface area contributed by atoms with Crippen molar-refractivity contribution in [1.29, 1.82) is 0 Å². The number of aromatic nitrogens is 1. The first kappa shape index (κ1) is 14.0. The molecule has 6 nitrogen and oxygen atoms in total. The van der Waals surface area contributed by atoms with Crippen LogP contribution in [0.5, 0.6) is 0 Å². The third-order valence-electron chi connectivity index (χ3n) is 2.95. The molecule has 0 bridgehead atoms. The molecular formula is C14H15NO5. The van der Waals surface area contributed by atoms with Crippen LogP contribution < -0.4 is 0 Å². The summed E-state index contributed by atoms with van der Waals surface area (Å²) in [6, 6.07) is 0. The maximum absolute atomic E-state index is 12.0. The van der Waals surface area contributed by atoms with E-state index in [4.69, 9.17) is 14.0 Å². The molecule has 0 radical (unpaired) electrons. The Balaban J connectivity index is 2.62. The van der Waals surface area contributed by atoms with Crippen molar-refractivity contribution in [2.75, 3.05) is 13.2 Å². The molecule has 0 saturated heterocycles. The standard InChI is InChI=1S/C14H15NO5/c1-4-18-13(16)11-8(3)12(14(17)19-5-2)10-7-20-15-6-9(10)11/h6-7H,4-5H2,1-3H3. The van der Waals surface area contributed by atoms with Crippen molar-refractivity contribution >= 4 is 11.9 Å². The van der Waals surface area contributed by atoms with Crippen molar-refractivity contribution in [1.82, 2.24) is 5.16 Å². The molecule has 106 valence electrons. The van der Waals surface area contributed by atoms with Crippen LogP contribution >= 0.6 is 0 Å². The van der Waals surface area contributed by atoms with E-state index in [0.717, 1.165) is 0 Å². The lowest BCUT2D eigenvalue weighted by molar-refractivity contribution is 0.0525. The predicted molar refractivity (Wildman–Crippen MR) is 69.8 cm³/mol. The number of ether oxygens (including phenoxy) is 2. The van der Waals surface area contributed by atoms with E-state index in [1.807, 2.05) is 0 Å². The Kier molecular flexibility index (Phi) is 4.02. The summed E-state index contributed by atoms with van der Waals surface area (Å²) in [7, 11) is 0. The van der Waals surface area contributed by atoms with Gasteiger partial charge in [-0.2, -0.15) is 0 Å². The van der Waals surface area contributed by atoms with Crippen LogP contribution in [0.1, 0.15) is 40.1 Å². The van der Waals surface area contributed by atoms with E-state index in [1.165, 1.54) is 12.5 Å². The van der Waals surface area contributed by atoms with Crippen LogP contribution in [0.25, 0.3) is 11.1 Å². The van der Waals surface area contributed by atoms with Crippen LogP contribution in [0.15, 0.2) is 17.0 Å². The molecule has 0 saturated carbocycles. The van der Waals surface area contributed by atoms with Crippen LogP contribution in [0, 0.1) is 6.92 Å². The van der Waals surface area contributed by atoms with E-state index < -0.39 is 11.9 Å². The molecule has 0 unspecified atom stereocenters. The van der Waals surface area contributed by atoms with Gasteiger partial charge in [0.05, 0.1) is 30.5 Å². The van der Waals surface area contributed by atoms with E-state index >= 15 is 0 Å². The summed E-state index contributed by atoms with van der Waals surface area (Å²) >= 11 is 0. The van der Waals surface area contributed by atoms with Gasteiger partial charge in [0.2, 0.25) is 0 Å². The summed E-state index contributed by atoms with van der Waals surface area (Å²) in [4.78, 5) is 24.1. The zero-order chi connectivity index (χ0) is 14.7. The quantitative estimate of drug-likeness (QED) is 0.799. The van der Waals surface area contributed by atoms with Crippen molar-refractivity contribution in [3.8, 4) is 11.1 Å². The van der Waals surface area contributed by atoms with Crippen molar-refractivity contribution in [2.45, 2.75) is 20.8 Å². The van der Waals surface area contributed by atoms with Gasteiger partial charge in [0, 0.05) is 11.1 Å². The van der Waals surface area contributed by atoms with Gasteiger partial charge in [-0.25, -0.2) is 9.59 Å². The first-order chi connectivity index (χ1) is 9.61. The number of hydrogen-bond acceptors (Lipinski definition) is 6. The molecule has 0 amide bonds. The summed E-state index contributed by atoms with van der Waals surface area (Å²) in [5.41, 5.74) is 2.18.